The van der Waals surface area contributed by atoms with Crippen molar-refractivity contribution in [2.75, 3.05) is 0 Å². The summed E-state index contributed by atoms with van der Waals surface area (Å²) in [6, 6.07) is 10.1. The summed E-state index contributed by atoms with van der Waals surface area (Å²) < 4.78 is 61.9. The van der Waals surface area contributed by atoms with Gasteiger partial charge in [-0.15, -0.1) is 0 Å². The highest BCUT2D eigenvalue weighted by atomic mass is 35.5. The molecular formula is C16H12ClF3O2S. The molecule has 0 aliphatic heterocycles. The van der Waals surface area contributed by atoms with E-state index < -0.39 is 21.6 Å². The van der Waals surface area contributed by atoms with Crippen LogP contribution in [0.4, 0.5) is 13.2 Å². The minimum Gasteiger partial charge on any atom is -0.219 e. The first-order valence-corrected chi connectivity index (χ1v) is 8.38. The van der Waals surface area contributed by atoms with Crippen molar-refractivity contribution in [1.82, 2.24) is 0 Å². The van der Waals surface area contributed by atoms with Gasteiger partial charge < -0.3 is 0 Å². The molecule has 2 aromatic carbocycles. The fourth-order valence-electron chi connectivity index (χ4n) is 1.82. The van der Waals surface area contributed by atoms with E-state index in [2.05, 4.69) is 0 Å². The molecule has 0 unspecified atom stereocenters. The highest BCUT2D eigenvalue weighted by molar-refractivity contribution is 7.94. The summed E-state index contributed by atoms with van der Waals surface area (Å²) in [6.07, 6.45) is -4.46. The van der Waals surface area contributed by atoms with Crippen LogP contribution in [0.15, 0.2) is 58.8 Å². The fourth-order valence-corrected chi connectivity index (χ4v) is 3.36. The van der Waals surface area contributed by atoms with E-state index >= 15 is 0 Å². The van der Waals surface area contributed by atoms with Crippen LogP contribution >= 0.6 is 11.6 Å². The van der Waals surface area contributed by atoms with Gasteiger partial charge in [-0.2, -0.15) is 13.2 Å². The summed E-state index contributed by atoms with van der Waals surface area (Å²) >= 11 is 5.94. The standard InChI is InChI=1S/C16H12ClF3O2S/c1-11-2-8-14(9-3-11)23(21,22)10-15(17)12-4-6-13(7-5-12)16(18,19)20/h2-10H,1H3/b15-10+. The third-order valence-electron chi connectivity index (χ3n) is 3.10. The Morgan fingerprint density at radius 3 is 2.00 bits per heavy atom. The van der Waals surface area contributed by atoms with E-state index in [0.717, 1.165) is 35.2 Å². The largest absolute Gasteiger partial charge is 0.416 e. The summed E-state index contributed by atoms with van der Waals surface area (Å²) in [5, 5.41) is 0.682. The van der Waals surface area contributed by atoms with Crippen molar-refractivity contribution in [2.24, 2.45) is 0 Å². The van der Waals surface area contributed by atoms with Gasteiger partial charge in [0.15, 0.2) is 0 Å². The van der Waals surface area contributed by atoms with Gasteiger partial charge in [0.05, 0.1) is 20.9 Å². The van der Waals surface area contributed by atoms with E-state index in [1.165, 1.54) is 12.1 Å². The van der Waals surface area contributed by atoms with Gasteiger partial charge in [-0.3, -0.25) is 0 Å². The molecule has 0 aliphatic rings. The van der Waals surface area contributed by atoms with Gasteiger partial charge in [-0.05, 0) is 36.8 Å². The molecule has 7 heteroatoms. The Hall–Kier alpha value is -1.79. The molecule has 0 aromatic heterocycles. The van der Waals surface area contributed by atoms with E-state index in [1.54, 1.807) is 12.1 Å². The highest BCUT2D eigenvalue weighted by Gasteiger charge is 2.30. The zero-order valence-electron chi connectivity index (χ0n) is 11.9. The molecule has 0 spiro atoms. The lowest BCUT2D eigenvalue weighted by Crippen LogP contribution is -2.04. The van der Waals surface area contributed by atoms with Crippen LogP contribution in [0.3, 0.4) is 0 Å². The Morgan fingerprint density at radius 2 is 1.52 bits per heavy atom. The number of aryl methyl sites for hydroxylation is 1. The summed E-state index contributed by atoms with van der Waals surface area (Å²) in [5.74, 6) is 0. The van der Waals surface area contributed by atoms with Crippen molar-refractivity contribution in [3.8, 4) is 0 Å². The number of hydrogen-bond donors (Lipinski definition) is 0. The van der Waals surface area contributed by atoms with Crippen LogP contribution in [0.1, 0.15) is 16.7 Å². The number of sulfone groups is 1. The maximum absolute atomic E-state index is 12.5. The monoisotopic (exact) mass is 360 g/mol. The van der Waals surface area contributed by atoms with Crippen LogP contribution in [0.5, 0.6) is 0 Å². The molecule has 0 radical (unpaired) electrons. The first kappa shape index (κ1) is 17.6. The van der Waals surface area contributed by atoms with Gasteiger partial charge in [0.2, 0.25) is 9.84 Å². The van der Waals surface area contributed by atoms with Crippen molar-refractivity contribution in [3.63, 3.8) is 0 Å². The molecule has 2 nitrogen and oxygen atoms in total. The first-order valence-electron chi connectivity index (χ1n) is 6.46. The molecule has 0 amide bonds. The normalized spacial score (nSPS) is 13.2. The topological polar surface area (TPSA) is 34.1 Å². The molecule has 0 N–H and O–H groups in total. The number of benzene rings is 2. The molecule has 0 aliphatic carbocycles. The maximum atomic E-state index is 12.5. The Balaban J connectivity index is 2.33. The van der Waals surface area contributed by atoms with Crippen LogP contribution in [0, 0.1) is 6.92 Å². The maximum Gasteiger partial charge on any atom is 0.416 e. The average molecular weight is 361 g/mol. The lowest BCUT2D eigenvalue weighted by Gasteiger charge is -2.07. The highest BCUT2D eigenvalue weighted by Crippen LogP contribution is 2.31. The summed E-state index contributed by atoms with van der Waals surface area (Å²) in [5.41, 5.74) is 0.268. The van der Waals surface area contributed by atoms with Crippen LogP contribution in [-0.4, -0.2) is 8.42 Å². The number of alkyl halides is 3. The SMILES string of the molecule is Cc1ccc(S(=O)(=O)/C=C(/Cl)c2ccc(C(F)(F)F)cc2)cc1. The molecule has 0 saturated carbocycles. The van der Waals surface area contributed by atoms with Gasteiger partial charge in [0, 0.05) is 0 Å². The van der Waals surface area contributed by atoms with Crippen LogP contribution in [0.25, 0.3) is 5.03 Å². The van der Waals surface area contributed by atoms with E-state index in [0.29, 0.717) is 0 Å². The van der Waals surface area contributed by atoms with Crippen LogP contribution < -0.4 is 0 Å². The number of hydrogen-bond acceptors (Lipinski definition) is 2. The zero-order valence-corrected chi connectivity index (χ0v) is 13.5. The molecule has 122 valence electrons. The third-order valence-corrected chi connectivity index (χ3v) is 5.03. The molecule has 0 fully saturated rings. The van der Waals surface area contributed by atoms with Gasteiger partial charge >= 0.3 is 6.18 Å². The second-order valence-electron chi connectivity index (χ2n) is 4.90. The Morgan fingerprint density at radius 1 is 1.00 bits per heavy atom. The Labute approximate surface area is 137 Å². The molecule has 0 saturated heterocycles. The number of halogens is 4. The van der Waals surface area contributed by atoms with Gasteiger partial charge in [0.25, 0.3) is 0 Å². The molecule has 2 rings (SSSR count). The van der Waals surface area contributed by atoms with Crippen molar-refractivity contribution < 1.29 is 21.6 Å². The lowest BCUT2D eigenvalue weighted by atomic mass is 10.1. The predicted molar refractivity (Wildman–Crippen MR) is 83.6 cm³/mol. The van der Waals surface area contributed by atoms with Crippen LogP contribution in [-0.2, 0) is 16.0 Å². The number of rotatable bonds is 3. The van der Waals surface area contributed by atoms with Crippen molar-refractivity contribution in [3.05, 3.63) is 70.6 Å². The molecule has 2 aromatic rings. The van der Waals surface area contributed by atoms with E-state index in [-0.39, 0.29) is 15.5 Å². The minimum absolute atomic E-state index is 0.0631. The second-order valence-corrected chi connectivity index (χ2v) is 7.10. The summed E-state index contributed by atoms with van der Waals surface area (Å²) in [6.45, 7) is 1.82. The van der Waals surface area contributed by atoms with E-state index in [4.69, 9.17) is 11.6 Å². The quantitative estimate of drug-likeness (QED) is 0.769. The lowest BCUT2D eigenvalue weighted by molar-refractivity contribution is -0.137. The smallest absolute Gasteiger partial charge is 0.219 e. The van der Waals surface area contributed by atoms with Crippen molar-refractivity contribution in [2.45, 2.75) is 18.0 Å². The molecular weight excluding hydrogens is 349 g/mol. The second kappa shape index (κ2) is 6.37. The molecule has 0 atom stereocenters. The molecule has 23 heavy (non-hydrogen) atoms. The molecule has 0 heterocycles. The Bertz CT molecular complexity index is 821. The van der Waals surface area contributed by atoms with Gasteiger partial charge in [-0.25, -0.2) is 8.42 Å². The third kappa shape index (κ3) is 4.36. The van der Waals surface area contributed by atoms with Crippen molar-refractivity contribution in [1.29, 1.82) is 0 Å². The van der Waals surface area contributed by atoms with E-state index in [1.807, 2.05) is 6.92 Å². The first-order chi connectivity index (χ1) is 10.6. The minimum atomic E-state index is -4.46. The zero-order chi connectivity index (χ0) is 17.3. The summed E-state index contributed by atoms with van der Waals surface area (Å²) in [7, 11) is -3.78. The van der Waals surface area contributed by atoms with Gasteiger partial charge in [-0.1, -0.05) is 41.4 Å². The predicted octanol–water partition coefficient (Wildman–Crippen LogP) is 5.02. The summed E-state index contributed by atoms with van der Waals surface area (Å²) in [4.78, 5) is 0.0631. The van der Waals surface area contributed by atoms with E-state index in [9.17, 15) is 21.6 Å². The van der Waals surface area contributed by atoms with Crippen LogP contribution in [0.2, 0.25) is 0 Å². The van der Waals surface area contributed by atoms with Crippen molar-refractivity contribution >= 4 is 26.5 Å². The van der Waals surface area contributed by atoms with Gasteiger partial charge in [0.1, 0.15) is 0 Å². The Kier molecular flexibility index (Phi) is 4.87. The fraction of sp³-hybridized carbons (Fsp3) is 0.125. The average Bonchev–Trinajstić information content (AvgIpc) is 2.46. The molecule has 0 bridgehead atoms.